The first kappa shape index (κ1) is 22.3. The van der Waals surface area contributed by atoms with Gasteiger partial charge in [-0.25, -0.2) is 15.0 Å². The molecule has 2 fully saturated rings. The first-order valence-corrected chi connectivity index (χ1v) is 13.5. The molecular weight excluding hydrogens is 494 g/mol. The summed E-state index contributed by atoms with van der Waals surface area (Å²) < 4.78 is 0. The normalized spacial score (nSPS) is 20.7. The van der Waals surface area contributed by atoms with Crippen molar-refractivity contribution in [1.82, 2.24) is 29.9 Å². The second-order valence-electron chi connectivity index (χ2n) is 9.98. The molecule has 0 amide bonds. The Morgan fingerprint density at radius 1 is 1.11 bits per heavy atom. The van der Waals surface area contributed by atoms with E-state index in [1.54, 1.807) is 12.4 Å². The summed E-state index contributed by atoms with van der Waals surface area (Å²) in [6.07, 6.45) is 10.7. The lowest BCUT2D eigenvalue weighted by atomic mass is 9.73. The molecule has 184 valence electrons. The van der Waals surface area contributed by atoms with Gasteiger partial charge < -0.3 is 20.9 Å². The highest BCUT2D eigenvalue weighted by Crippen LogP contribution is 2.50. The van der Waals surface area contributed by atoms with Crippen molar-refractivity contribution < 1.29 is 0 Å². The van der Waals surface area contributed by atoms with E-state index in [1.807, 2.05) is 18.3 Å². The van der Waals surface area contributed by atoms with E-state index in [0.717, 1.165) is 72.6 Å². The van der Waals surface area contributed by atoms with Crippen LogP contribution < -0.4 is 16.0 Å². The van der Waals surface area contributed by atoms with Crippen LogP contribution in [0.25, 0.3) is 11.3 Å². The van der Waals surface area contributed by atoms with Gasteiger partial charge in [0.1, 0.15) is 10.8 Å². The van der Waals surface area contributed by atoms with Crippen LogP contribution in [0.1, 0.15) is 43.0 Å². The molecule has 3 aliphatic rings. The van der Waals surface area contributed by atoms with Crippen molar-refractivity contribution >= 4 is 46.4 Å². The monoisotopic (exact) mass is 519 g/mol. The number of nitrogens with two attached hydrogens (primary N) is 1. The maximum absolute atomic E-state index is 6.71. The quantitative estimate of drug-likeness (QED) is 0.353. The van der Waals surface area contributed by atoms with Crippen LogP contribution in [0.4, 0.5) is 11.8 Å². The number of anilines is 2. The number of hydrogen-bond acceptors (Lipinski definition) is 9. The average Bonchev–Trinajstić information content (AvgIpc) is 3.55. The third-order valence-electron chi connectivity index (χ3n) is 7.66. The summed E-state index contributed by atoms with van der Waals surface area (Å²) in [5, 5.41) is 4.75. The highest BCUT2D eigenvalue weighted by atomic mass is 35.5. The molecule has 36 heavy (non-hydrogen) atoms. The Balaban J connectivity index is 1.07. The Morgan fingerprint density at radius 2 is 1.97 bits per heavy atom. The number of imidazole rings is 1. The predicted molar refractivity (Wildman–Crippen MR) is 140 cm³/mol. The van der Waals surface area contributed by atoms with Gasteiger partial charge in [0.2, 0.25) is 5.95 Å². The number of nitrogens with one attached hydrogen (secondary N) is 2. The van der Waals surface area contributed by atoms with Gasteiger partial charge in [0.05, 0.1) is 11.2 Å². The molecule has 1 aliphatic heterocycles. The number of aromatic nitrogens is 6. The maximum atomic E-state index is 6.71. The number of nitrogens with zero attached hydrogens (tertiary/aromatic N) is 6. The van der Waals surface area contributed by atoms with Crippen molar-refractivity contribution in [2.45, 2.75) is 54.1 Å². The highest BCUT2D eigenvalue weighted by Gasteiger charge is 2.46. The summed E-state index contributed by atoms with van der Waals surface area (Å²) in [4.78, 5) is 29.6. The van der Waals surface area contributed by atoms with Crippen LogP contribution in [0.5, 0.6) is 0 Å². The van der Waals surface area contributed by atoms with Crippen LogP contribution in [0.15, 0.2) is 46.7 Å². The number of pyridine rings is 2. The van der Waals surface area contributed by atoms with Crippen LogP contribution in [-0.2, 0) is 6.42 Å². The van der Waals surface area contributed by atoms with Crippen LogP contribution in [-0.4, -0.2) is 49.0 Å². The summed E-state index contributed by atoms with van der Waals surface area (Å²) in [7, 11) is 0. The first-order valence-electron chi connectivity index (χ1n) is 12.3. The van der Waals surface area contributed by atoms with Crippen molar-refractivity contribution in [3.8, 4) is 0 Å². The van der Waals surface area contributed by atoms with Gasteiger partial charge in [0.15, 0.2) is 11.3 Å². The standard InChI is InChI=1S/C25H26ClN9S/c26-19-17(5-9-29-21(19)31-14-3-4-14)36-18-13-30-22-23(32-18)34-24(33-22)35-10-6-25(7-11-35)12-16-15(20(25)27)2-1-8-28-16/h1-2,5,8-9,13-14,20H,3-4,6-7,10-12,27H2,(H,29,31)(H,30,32,33,34)/t20-/m1/s1. The molecular formula is C25H26ClN9S. The third kappa shape index (κ3) is 3.88. The fraction of sp³-hybridized carbons (Fsp3) is 0.400. The number of fused-ring (bicyclic) bond motifs is 2. The second kappa shape index (κ2) is 8.57. The maximum Gasteiger partial charge on any atom is 0.206 e. The van der Waals surface area contributed by atoms with Crippen molar-refractivity contribution in [2.24, 2.45) is 11.1 Å². The summed E-state index contributed by atoms with van der Waals surface area (Å²) in [5.74, 6) is 1.54. The van der Waals surface area contributed by atoms with E-state index in [9.17, 15) is 0 Å². The molecule has 9 nitrogen and oxygen atoms in total. The molecule has 1 atom stereocenters. The number of halogens is 1. The van der Waals surface area contributed by atoms with Crippen molar-refractivity contribution in [1.29, 1.82) is 0 Å². The number of hydrogen-bond donors (Lipinski definition) is 3. The molecule has 0 radical (unpaired) electrons. The molecule has 1 saturated carbocycles. The molecule has 0 bridgehead atoms. The van der Waals surface area contributed by atoms with Crippen LogP contribution in [0.2, 0.25) is 5.02 Å². The number of rotatable bonds is 5. The number of aromatic amines is 1. The fourth-order valence-corrected chi connectivity index (χ4v) is 6.48. The smallest absolute Gasteiger partial charge is 0.206 e. The Kier molecular flexibility index (Phi) is 5.30. The second-order valence-corrected chi connectivity index (χ2v) is 11.4. The lowest BCUT2D eigenvalue weighted by Crippen LogP contribution is -2.44. The van der Waals surface area contributed by atoms with Crippen LogP contribution in [0, 0.1) is 5.41 Å². The van der Waals surface area contributed by atoms with Crippen LogP contribution >= 0.6 is 23.4 Å². The van der Waals surface area contributed by atoms with Gasteiger partial charge in [-0.1, -0.05) is 29.4 Å². The van der Waals surface area contributed by atoms with Crippen LogP contribution in [0.3, 0.4) is 0 Å². The molecule has 4 N–H and O–H groups in total. The lowest BCUT2D eigenvalue weighted by Gasteiger charge is -2.41. The van der Waals surface area contributed by atoms with E-state index in [-0.39, 0.29) is 11.5 Å². The van der Waals surface area contributed by atoms with Gasteiger partial charge in [-0.3, -0.25) is 4.98 Å². The summed E-state index contributed by atoms with van der Waals surface area (Å²) in [6.45, 7) is 1.76. The van der Waals surface area contributed by atoms with E-state index in [4.69, 9.17) is 27.3 Å². The molecule has 0 aromatic carbocycles. The molecule has 11 heteroatoms. The van der Waals surface area contributed by atoms with Gasteiger partial charge in [0, 0.05) is 48.2 Å². The molecule has 7 rings (SSSR count). The van der Waals surface area contributed by atoms with E-state index in [0.29, 0.717) is 22.4 Å². The van der Waals surface area contributed by atoms with Gasteiger partial charge in [0.25, 0.3) is 0 Å². The van der Waals surface area contributed by atoms with Gasteiger partial charge in [-0.15, -0.1) is 0 Å². The summed E-state index contributed by atoms with van der Waals surface area (Å²) in [5.41, 5.74) is 10.4. The zero-order chi connectivity index (χ0) is 24.3. The Labute approximate surface area is 217 Å². The molecule has 4 aromatic rings. The zero-order valence-corrected chi connectivity index (χ0v) is 21.2. The van der Waals surface area contributed by atoms with E-state index >= 15 is 0 Å². The Hall–Kier alpha value is -2.95. The van der Waals surface area contributed by atoms with Gasteiger partial charge >= 0.3 is 0 Å². The SMILES string of the molecule is N[C@@H]1c2cccnc2CC12CCN(c1nc3ncc(Sc4ccnc(NC5CC5)c4Cl)nc3[nH]1)CC2. The molecule has 2 aliphatic carbocycles. The third-order valence-corrected chi connectivity index (χ3v) is 9.12. The Morgan fingerprint density at radius 3 is 2.78 bits per heavy atom. The van der Waals surface area contributed by atoms with Crippen molar-refractivity contribution in [3.63, 3.8) is 0 Å². The highest BCUT2D eigenvalue weighted by molar-refractivity contribution is 7.99. The van der Waals surface area contributed by atoms with Gasteiger partial charge in [-0.05, 0) is 55.2 Å². The molecule has 1 spiro atoms. The minimum Gasteiger partial charge on any atom is -0.366 e. The van der Waals surface area contributed by atoms with E-state index in [2.05, 4.69) is 36.2 Å². The summed E-state index contributed by atoms with van der Waals surface area (Å²) >= 11 is 8.09. The Bertz CT molecular complexity index is 1440. The minimum absolute atomic E-state index is 0.0435. The largest absolute Gasteiger partial charge is 0.366 e. The fourth-order valence-electron chi connectivity index (χ4n) is 5.41. The zero-order valence-electron chi connectivity index (χ0n) is 19.6. The summed E-state index contributed by atoms with van der Waals surface area (Å²) in [6, 6.07) is 6.54. The first-order chi connectivity index (χ1) is 17.6. The lowest BCUT2D eigenvalue weighted by molar-refractivity contribution is 0.186. The molecule has 4 aromatic heterocycles. The van der Waals surface area contributed by atoms with E-state index in [1.165, 1.54) is 17.3 Å². The molecule has 5 heterocycles. The average molecular weight is 520 g/mol. The number of H-pyrrole nitrogens is 1. The molecule has 1 saturated heterocycles. The van der Waals surface area contributed by atoms with Gasteiger partial charge in [-0.2, -0.15) is 4.98 Å². The van der Waals surface area contributed by atoms with E-state index < -0.39 is 0 Å². The molecule has 0 unspecified atom stereocenters. The predicted octanol–water partition coefficient (Wildman–Crippen LogP) is 4.36. The van der Waals surface area contributed by atoms with Crippen molar-refractivity contribution in [2.75, 3.05) is 23.3 Å². The van der Waals surface area contributed by atoms with Crippen molar-refractivity contribution in [3.05, 3.63) is 53.1 Å². The minimum atomic E-state index is 0.0435. The topological polar surface area (TPSA) is 122 Å². The number of piperidine rings is 1.